The van der Waals surface area contributed by atoms with Gasteiger partial charge in [-0.3, -0.25) is 4.99 Å². The van der Waals surface area contributed by atoms with Crippen molar-refractivity contribution in [1.82, 2.24) is 0 Å². The molecule has 0 amide bonds. The van der Waals surface area contributed by atoms with Crippen LogP contribution in [0.2, 0.25) is 5.02 Å². The minimum absolute atomic E-state index is 0.123. The molecule has 0 aromatic heterocycles. The van der Waals surface area contributed by atoms with Gasteiger partial charge in [0.1, 0.15) is 5.69 Å². The molecule has 0 radical (unpaired) electrons. The maximum absolute atomic E-state index is 9.70. The van der Waals surface area contributed by atoms with Crippen LogP contribution in [0.1, 0.15) is 12.5 Å². The van der Waals surface area contributed by atoms with Crippen LogP contribution in [0, 0.1) is 3.57 Å². The van der Waals surface area contributed by atoms with Crippen LogP contribution in [-0.4, -0.2) is 11.8 Å². The first-order chi connectivity index (χ1) is 6.61. The van der Waals surface area contributed by atoms with E-state index in [1.807, 2.05) is 35.6 Å². The van der Waals surface area contributed by atoms with Crippen molar-refractivity contribution in [3.05, 3.63) is 26.3 Å². The molecule has 14 heavy (non-hydrogen) atoms. The van der Waals surface area contributed by atoms with Crippen molar-refractivity contribution in [1.29, 1.82) is 0 Å². The number of aliphatic imine (C=N–C) groups is 1. The summed E-state index contributed by atoms with van der Waals surface area (Å²) in [6, 6.07) is 1.70. The van der Waals surface area contributed by atoms with Gasteiger partial charge in [0.2, 0.25) is 0 Å². The summed E-state index contributed by atoms with van der Waals surface area (Å²) < 4.78 is 0.670. The van der Waals surface area contributed by atoms with Crippen LogP contribution < -0.4 is 0 Å². The van der Waals surface area contributed by atoms with E-state index in [1.165, 1.54) is 0 Å². The first-order valence-corrected chi connectivity index (χ1v) is 5.37. The third kappa shape index (κ3) is 2.09. The Morgan fingerprint density at radius 2 is 2.29 bits per heavy atom. The Labute approximate surface area is 101 Å². The van der Waals surface area contributed by atoms with Gasteiger partial charge in [-0.05, 0) is 42.3 Å². The quantitative estimate of drug-likeness (QED) is 0.648. The maximum atomic E-state index is 9.70. The molecule has 2 nitrogen and oxygen atoms in total. The summed E-state index contributed by atoms with van der Waals surface area (Å²) in [4.78, 5) is 3.77. The third-order valence-corrected chi connectivity index (χ3v) is 2.84. The van der Waals surface area contributed by atoms with E-state index in [0.29, 0.717) is 19.8 Å². The molecule has 0 aliphatic carbocycles. The summed E-state index contributed by atoms with van der Waals surface area (Å²) >= 11 is 8.01. The van der Waals surface area contributed by atoms with Gasteiger partial charge in [0.05, 0.1) is 8.59 Å². The zero-order chi connectivity index (χ0) is 10.7. The molecule has 0 saturated heterocycles. The van der Waals surface area contributed by atoms with Crippen molar-refractivity contribution in [3.63, 3.8) is 0 Å². The summed E-state index contributed by atoms with van der Waals surface area (Å²) in [5.74, 6) is 0.123. The molecule has 0 heterocycles. The van der Waals surface area contributed by atoms with E-state index >= 15 is 0 Å². The highest BCUT2D eigenvalue weighted by Crippen LogP contribution is 2.39. The molecule has 4 heteroatoms. The standard InChI is InChI=1S/C10H9ClINO/c1-3-4-6-7(11)5-8(12)10(14)9(6)13-2/h3-5,14H,2H2,1H3/b4-3-. The lowest BCUT2D eigenvalue weighted by Gasteiger charge is -2.07. The number of halogens is 2. The van der Waals surface area contributed by atoms with Crippen molar-refractivity contribution >= 4 is 52.7 Å². The van der Waals surface area contributed by atoms with Gasteiger partial charge in [0, 0.05) is 5.56 Å². The Kier molecular flexibility index (Phi) is 3.95. The predicted octanol–water partition coefficient (Wildman–Crippen LogP) is 4.02. The monoisotopic (exact) mass is 321 g/mol. The molecule has 0 saturated carbocycles. The molecule has 0 spiro atoms. The molecule has 1 N–H and O–H groups in total. The van der Waals surface area contributed by atoms with Crippen molar-refractivity contribution in [2.45, 2.75) is 6.92 Å². The lowest BCUT2D eigenvalue weighted by molar-refractivity contribution is 0.473. The second-order valence-electron chi connectivity index (χ2n) is 2.61. The summed E-state index contributed by atoms with van der Waals surface area (Å²) in [6.07, 6.45) is 3.63. The fourth-order valence-electron chi connectivity index (χ4n) is 1.10. The highest BCUT2D eigenvalue weighted by atomic mass is 127. The minimum atomic E-state index is 0.123. The van der Waals surface area contributed by atoms with E-state index in [-0.39, 0.29) is 5.75 Å². The molecule has 1 rings (SSSR count). The number of aromatic hydroxyl groups is 1. The first kappa shape index (κ1) is 11.5. The van der Waals surface area contributed by atoms with E-state index in [2.05, 4.69) is 11.7 Å². The van der Waals surface area contributed by atoms with Crippen LogP contribution >= 0.6 is 34.2 Å². The molecule has 1 aromatic rings. The summed E-state index contributed by atoms with van der Waals surface area (Å²) in [5.41, 5.74) is 1.13. The molecule has 1 aromatic carbocycles. The van der Waals surface area contributed by atoms with Gasteiger partial charge >= 0.3 is 0 Å². The second kappa shape index (κ2) is 4.79. The average molecular weight is 322 g/mol. The van der Waals surface area contributed by atoms with Gasteiger partial charge < -0.3 is 5.11 Å². The number of hydrogen-bond donors (Lipinski definition) is 1. The molecular weight excluding hydrogens is 312 g/mol. The number of allylic oxidation sites excluding steroid dienone is 1. The van der Waals surface area contributed by atoms with Crippen LogP contribution in [0.4, 0.5) is 5.69 Å². The second-order valence-corrected chi connectivity index (χ2v) is 4.18. The Hall–Kier alpha value is -0.550. The maximum Gasteiger partial charge on any atom is 0.155 e. The predicted molar refractivity (Wildman–Crippen MR) is 69.8 cm³/mol. The number of rotatable bonds is 2. The zero-order valence-corrected chi connectivity index (χ0v) is 10.5. The van der Waals surface area contributed by atoms with Gasteiger partial charge in [-0.15, -0.1) is 0 Å². The van der Waals surface area contributed by atoms with E-state index < -0.39 is 0 Å². The van der Waals surface area contributed by atoms with Crippen LogP contribution in [0.3, 0.4) is 0 Å². The van der Waals surface area contributed by atoms with Gasteiger partial charge in [-0.25, -0.2) is 0 Å². The Morgan fingerprint density at radius 3 is 2.79 bits per heavy atom. The summed E-state index contributed by atoms with van der Waals surface area (Å²) in [7, 11) is 0. The van der Waals surface area contributed by atoms with Crippen molar-refractivity contribution in [2.75, 3.05) is 0 Å². The van der Waals surface area contributed by atoms with Crippen LogP contribution in [0.5, 0.6) is 5.75 Å². The fraction of sp³-hybridized carbons (Fsp3) is 0.100. The van der Waals surface area contributed by atoms with E-state index in [1.54, 1.807) is 12.1 Å². The first-order valence-electron chi connectivity index (χ1n) is 3.92. The molecule has 0 aliphatic rings. The Balaban J connectivity index is 3.54. The Bertz CT molecular complexity index is 402. The highest BCUT2D eigenvalue weighted by molar-refractivity contribution is 14.1. The van der Waals surface area contributed by atoms with E-state index in [0.717, 1.165) is 0 Å². The van der Waals surface area contributed by atoms with Crippen LogP contribution in [-0.2, 0) is 0 Å². The lowest BCUT2D eigenvalue weighted by Crippen LogP contribution is -1.82. The molecule has 0 aliphatic heterocycles. The topological polar surface area (TPSA) is 32.6 Å². The number of benzene rings is 1. The van der Waals surface area contributed by atoms with Crippen LogP contribution in [0.15, 0.2) is 17.1 Å². The highest BCUT2D eigenvalue weighted by Gasteiger charge is 2.12. The normalized spacial score (nSPS) is 10.8. The van der Waals surface area contributed by atoms with Gasteiger partial charge in [-0.2, -0.15) is 0 Å². The minimum Gasteiger partial charge on any atom is -0.505 e. The third-order valence-electron chi connectivity index (χ3n) is 1.71. The molecule has 0 fully saturated rings. The van der Waals surface area contributed by atoms with Crippen molar-refractivity contribution in [2.24, 2.45) is 4.99 Å². The molecule has 74 valence electrons. The van der Waals surface area contributed by atoms with E-state index in [4.69, 9.17) is 11.6 Å². The van der Waals surface area contributed by atoms with Crippen LogP contribution in [0.25, 0.3) is 6.08 Å². The lowest BCUT2D eigenvalue weighted by atomic mass is 10.1. The van der Waals surface area contributed by atoms with Gasteiger partial charge in [0.25, 0.3) is 0 Å². The smallest absolute Gasteiger partial charge is 0.155 e. The number of phenolic OH excluding ortho intramolecular Hbond substituents is 1. The van der Waals surface area contributed by atoms with Gasteiger partial charge in [-0.1, -0.05) is 23.8 Å². The molecule has 0 atom stereocenters. The largest absolute Gasteiger partial charge is 0.505 e. The zero-order valence-electron chi connectivity index (χ0n) is 7.59. The number of phenols is 1. The molecule has 0 bridgehead atoms. The fourth-order valence-corrected chi connectivity index (χ4v) is 2.11. The average Bonchev–Trinajstić information content (AvgIpc) is 2.15. The molecule has 0 unspecified atom stereocenters. The summed E-state index contributed by atoms with van der Waals surface area (Å²) in [5, 5.41) is 10.3. The Morgan fingerprint density at radius 1 is 1.64 bits per heavy atom. The SMILES string of the molecule is C=Nc1c(O)c(I)cc(Cl)c1/C=C\C. The number of hydrogen-bond acceptors (Lipinski definition) is 2. The number of nitrogens with zero attached hydrogens (tertiary/aromatic N) is 1. The van der Waals surface area contributed by atoms with Crippen molar-refractivity contribution < 1.29 is 5.11 Å². The van der Waals surface area contributed by atoms with E-state index in [9.17, 15) is 5.11 Å². The van der Waals surface area contributed by atoms with Crippen molar-refractivity contribution in [3.8, 4) is 5.75 Å². The molecular formula is C10H9ClINO. The van der Waals surface area contributed by atoms with Gasteiger partial charge in [0.15, 0.2) is 5.75 Å². The summed E-state index contributed by atoms with van der Waals surface area (Å²) in [6.45, 7) is 5.28.